The number of carboxylic acids is 1. The number of imidazole rings is 1. The lowest BCUT2D eigenvalue weighted by molar-refractivity contribution is -0.192. The Balaban J connectivity index is 0.000000396. The summed E-state index contributed by atoms with van der Waals surface area (Å²) >= 11 is 0. The monoisotopic (exact) mass is 424 g/mol. The second-order valence-electron chi connectivity index (χ2n) is 6.08. The van der Waals surface area contributed by atoms with E-state index in [0.717, 1.165) is 17.1 Å². The van der Waals surface area contributed by atoms with Gasteiger partial charge in [-0.3, -0.25) is 4.79 Å². The first-order chi connectivity index (χ1) is 14.1. The van der Waals surface area contributed by atoms with Gasteiger partial charge in [0.15, 0.2) is 5.69 Å². The van der Waals surface area contributed by atoms with Crippen LogP contribution in [0.15, 0.2) is 36.5 Å². The lowest BCUT2D eigenvalue weighted by Gasteiger charge is -2.06. The zero-order valence-corrected chi connectivity index (χ0v) is 16.1. The summed E-state index contributed by atoms with van der Waals surface area (Å²) < 4.78 is 33.2. The van der Waals surface area contributed by atoms with Crippen LogP contribution in [-0.4, -0.2) is 54.7 Å². The van der Waals surface area contributed by atoms with Crippen LogP contribution in [0, 0.1) is 6.92 Å². The van der Waals surface area contributed by atoms with Crippen molar-refractivity contribution in [1.82, 2.24) is 30.3 Å². The molecule has 3 N–H and O–H groups in total. The van der Waals surface area contributed by atoms with Crippen molar-refractivity contribution in [2.45, 2.75) is 19.5 Å². The molecule has 0 bridgehead atoms. The topological polar surface area (TPSA) is 126 Å². The standard InChI is InChI=1S/C16H18N6O.C2HF3O2/c1-11-18-10-13(19-11)8-9-17-16(23)15-14(20-21-22(15)2)12-6-4-3-5-7-12;3-2(4,5)1(6)7/h3-7,10H,8-9H2,1-2H3,(H,17,23)(H,18,19);(H,6,7). The predicted octanol–water partition coefficient (Wildman–Crippen LogP) is 2.12. The molecule has 0 aliphatic heterocycles. The van der Waals surface area contributed by atoms with Crippen molar-refractivity contribution in [2.75, 3.05) is 6.54 Å². The fraction of sp³-hybridized carbons (Fsp3) is 0.278. The van der Waals surface area contributed by atoms with Gasteiger partial charge in [0.05, 0.1) is 0 Å². The Hall–Kier alpha value is -3.70. The van der Waals surface area contributed by atoms with Crippen LogP contribution in [0.4, 0.5) is 13.2 Å². The van der Waals surface area contributed by atoms with Gasteiger partial charge in [0.25, 0.3) is 5.91 Å². The molecule has 1 aromatic carbocycles. The molecule has 1 amide bonds. The molecule has 0 radical (unpaired) electrons. The van der Waals surface area contributed by atoms with Crippen LogP contribution in [0.1, 0.15) is 22.0 Å². The molecule has 3 rings (SSSR count). The van der Waals surface area contributed by atoms with Gasteiger partial charge in [-0.05, 0) is 6.92 Å². The van der Waals surface area contributed by atoms with Crippen LogP contribution in [0.5, 0.6) is 0 Å². The highest BCUT2D eigenvalue weighted by Crippen LogP contribution is 2.20. The molecule has 0 atom stereocenters. The van der Waals surface area contributed by atoms with Gasteiger partial charge in [0.1, 0.15) is 11.5 Å². The van der Waals surface area contributed by atoms with Crippen molar-refractivity contribution >= 4 is 11.9 Å². The molecular weight excluding hydrogens is 405 g/mol. The van der Waals surface area contributed by atoms with Gasteiger partial charge in [0.2, 0.25) is 0 Å². The minimum absolute atomic E-state index is 0.187. The number of hydrogen-bond donors (Lipinski definition) is 3. The first-order valence-corrected chi connectivity index (χ1v) is 8.63. The summed E-state index contributed by atoms with van der Waals surface area (Å²) in [4.78, 5) is 28.7. The number of carbonyl (C=O) groups excluding carboxylic acids is 1. The number of amides is 1. The first kappa shape index (κ1) is 22.6. The average Bonchev–Trinajstić information content (AvgIpc) is 3.27. The number of alkyl halides is 3. The van der Waals surface area contributed by atoms with Crippen LogP contribution in [0.3, 0.4) is 0 Å². The molecule has 160 valence electrons. The van der Waals surface area contributed by atoms with Crippen LogP contribution < -0.4 is 5.32 Å². The maximum atomic E-state index is 12.5. The third-order valence-corrected chi connectivity index (χ3v) is 3.77. The summed E-state index contributed by atoms with van der Waals surface area (Å²) in [5.74, 6) is -2.08. The molecule has 12 heteroatoms. The highest BCUT2D eigenvalue weighted by atomic mass is 19.4. The number of nitrogens with one attached hydrogen (secondary N) is 2. The lowest BCUT2D eigenvalue weighted by Crippen LogP contribution is -2.28. The summed E-state index contributed by atoms with van der Waals surface area (Å²) in [6.45, 7) is 2.41. The highest BCUT2D eigenvalue weighted by molar-refractivity contribution is 5.98. The van der Waals surface area contributed by atoms with Crippen molar-refractivity contribution in [2.24, 2.45) is 7.05 Å². The molecule has 0 saturated heterocycles. The van der Waals surface area contributed by atoms with Crippen molar-refractivity contribution in [1.29, 1.82) is 0 Å². The number of aromatic nitrogens is 5. The minimum atomic E-state index is -5.08. The third-order valence-electron chi connectivity index (χ3n) is 3.77. The average molecular weight is 424 g/mol. The van der Waals surface area contributed by atoms with E-state index in [1.54, 1.807) is 13.2 Å². The van der Waals surface area contributed by atoms with E-state index in [-0.39, 0.29) is 5.91 Å². The fourth-order valence-electron chi connectivity index (χ4n) is 2.40. The predicted molar refractivity (Wildman–Crippen MR) is 99.5 cm³/mol. The molecule has 30 heavy (non-hydrogen) atoms. The minimum Gasteiger partial charge on any atom is -0.475 e. The van der Waals surface area contributed by atoms with Crippen LogP contribution in [0.2, 0.25) is 0 Å². The second-order valence-corrected chi connectivity index (χ2v) is 6.08. The second kappa shape index (κ2) is 9.67. The SMILES string of the molecule is Cc1ncc(CCNC(=O)c2c(-c3ccccc3)nnn2C)[nH]1.O=C(O)C(F)(F)F. The molecular formula is C18H19F3N6O3. The summed E-state index contributed by atoms with van der Waals surface area (Å²) in [5, 5.41) is 18.1. The van der Waals surface area contributed by atoms with Gasteiger partial charge in [0, 0.05) is 37.5 Å². The quantitative estimate of drug-likeness (QED) is 0.576. The Morgan fingerprint density at radius 3 is 2.40 bits per heavy atom. The third kappa shape index (κ3) is 6.15. The van der Waals surface area contributed by atoms with E-state index in [9.17, 15) is 18.0 Å². The largest absolute Gasteiger partial charge is 0.490 e. The number of benzene rings is 1. The number of nitrogens with zero attached hydrogens (tertiary/aromatic N) is 4. The van der Waals surface area contributed by atoms with Crippen LogP contribution >= 0.6 is 0 Å². The number of halogens is 3. The maximum absolute atomic E-state index is 12.5. The number of aromatic amines is 1. The van der Waals surface area contributed by atoms with Gasteiger partial charge in [-0.1, -0.05) is 35.5 Å². The van der Waals surface area contributed by atoms with Gasteiger partial charge in [-0.25, -0.2) is 14.5 Å². The van der Waals surface area contributed by atoms with Gasteiger partial charge in [-0.15, -0.1) is 5.10 Å². The van der Waals surface area contributed by atoms with E-state index in [0.29, 0.717) is 24.4 Å². The molecule has 2 aromatic heterocycles. The Labute approximate surface area is 168 Å². The smallest absolute Gasteiger partial charge is 0.475 e. The Kier molecular flexibility index (Phi) is 7.28. The fourth-order valence-corrected chi connectivity index (χ4v) is 2.40. The molecule has 0 saturated carbocycles. The number of hydrogen-bond acceptors (Lipinski definition) is 5. The summed E-state index contributed by atoms with van der Waals surface area (Å²) in [5.41, 5.74) is 2.91. The normalized spacial score (nSPS) is 10.8. The van der Waals surface area contributed by atoms with Crippen molar-refractivity contribution in [3.8, 4) is 11.3 Å². The number of H-pyrrole nitrogens is 1. The van der Waals surface area contributed by atoms with Gasteiger partial charge >= 0.3 is 12.1 Å². The van der Waals surface area contributed by atoms with E-state index in [1.807, 2.05) is 37.3 Å². The molecule has 0 spiro atoms. The van der Waals surface area contributed by atoms with Gasteiger partial charge in [-0.2, -0.15) is 13.2 Å². The van der Waals surface area contributed by atoms with Crippen molar-refractivity contribution in [3.05, 3.63) is 53.7 Å². The van der Waals surface area contributed by atoms with E-state index in [1.165, 1.54) is 4.68 Å². The number of carbonyl (C=O) groups is 2. The van der Waals surface area contributed by atoms with Crippen LogP contribution in [-0.2, 0) is 18.3 Å². The number of carboxylic acid groups (broad SMARTS) is 1. The maximum Gasteiger partial charge on any atom is 0.490 e. The van der Waals surface area contributed by atoms with Crippen molar-refractivity contribution < 1.29 is 27.9 Å². The van der Waals surface area contributed by atoms with E-state index in [2.05, 4.69) is 25.6 Å². The van der Waals surface area contributed by atoms with Crippen LogP contribution in [0.25, 0.3) is 11.3 Å². The molecule has 2 heterocycles. The molecule has 0 aliphatic carbocycles. The summed E-state index contributed by atoms with van der Waals surface area (Å²) in [7, 11) is 1.71. The molecule has 3 aromatic rings. The van der Waals surface area contributed by atoms with E-state index < -0.39 is 12.1 Å². The van der Waals surface area contributed by atoms with E-state index >= 15 is 0 Å². The zero-order chi connectivity index (χ0) is 22.3. The lowest BCUT2D eigenvalue weighted by atomic mass is 10.1. The first-order valence-electron chi connectivity index (χ1n) is 8.63. The van der Waals surface area contributed by atoms with E-state index in [4.69, 9.17) is 9.90 Å². The summed E-state index contributed by atoms with van der Waals surface area (Å²) in [6, 6.07) is 9.56. The molecule has 0 unspecified atom stereocenters. The van der Waals surface area contributed by atoms with Gasteiger partial charge < -0.3 is 15.4 Å². The highest BCUT2D eigenvalue weighted by Gasteiger charge is 2.38. The molecule has 0 aliphatic rings. The number of aryl methyl sites for hydroxylation is 2. The zero-order valence-electron chi connectivity index (χ0n) is 16.1. The number of aliphatic carboxylic acids is 1. The van der Waals surface area contributed by atoms with Crippen molar-refractivity contribution in [3.63, 3.8) is 0 Å². The Morgan fingerprint density at radius 1 is 1.23 bits per heavy atom. The Bertz CT molecular complexity index is 998. The Morgan fingerprint density at radius 2 is 1.87 bits per heavy atom. The summed E-state index contributed by atoms with van der Waals surface area (Å²) in [6.07, 6.45) is -2.61. The molecule has 0 fully saturated rings. The number of rotatable bonds is 5. The molecule has 9 nitrogen and oxygen atoms in total.